The van der Waals surface area contributed by atoms with E-state index in [-0.39, 0.29) is 10.8 Å². The number of sulfonamides is 1. The second kappa shape index (κ2) is 7.39. The third-order valence-corrected chi connectivity index (χ3v) is 6.64. The van der Waals surface area contributed by atoms with Crippen molar-refractivity contribution in [2.75, 3.05) is 11.4 Å². The number of carbonyl (C=O) groups excluding carboxylic acids is 1. The number of hydrogen-bond donors (Lipinski definition) is 1. The predicted molar refractivity (Wildman–Crippen MR) is 109 cm³/mol. The fourth-order valence-electron chi connectivity index (χ4n) is 3.71. The number of amidine groups is 1. The van der Waals surface area contributed by atoms with Gasteiger partial charge in [-0.3, -0.25) is 4.79 Å². The van der Waals surface area contributed by atoms with E-state index in [1.165, 1.54) is 6.07 Å². The van der Waals surface area contributed by atoms with Crippen LogP contribution in [0, 0.1) is 6.92 Å². The second-order valence-corrected chi connectivity index (χ2v) is 8.81. The fraction of sp³-hybridized carbons (Fsp3) is 0.333. The van der Waals surface area contributed by atoms with Crippen molar-refractivity contribution < 1.29 is 13.2 Å². The first kappa shape index (κ1) is 18.7. The summed E-state index contributed by atoms with van der Waals surface area (Å²) < 4.78 is 29.4. The summed E-state index contributed by atoms with van der Waals surface area (Å²) in [5.41, 5.74) is 3.07. The van der Waals surface area contributed by atoms with Gasteiger partial charge in [-0.15, -0.1) is 4.40 Å². The average molecular weight is 398 g/mol. The van der Waals surface area contributed by atoms with Gasteiger partial charge < -0.3 is 10.2 Å². The summed E-state index contributed by atoms with van der Waals surface area (Å²) in [5.74, 6) is 0.314. The normalized spacial score (nSPS) is 17.8. The molecule has 0 radical (unpaired) electrons. The number of aryl methyl sites for hydroxylation is 1. The smallest absolute Gasteiger partial charge is 0.286 e. The molecule has 1 saturated heterocycles. The molecule has 0 saturated carbocycles. The van der Waals surface area contributed by atoms with Crippen LogP contribution in [0.25, 0.3) is 0 Å². The van der Waals surface area contributed by atoms with Crippen LogP contribution >= 0.6 is 0 Å². The Bertz CT molecular complexity index is 1060. The number of fused-ring (bicyclic) bond motifs is 3. The molecule has 1 N–H and O–H groups in total. The van der Waals surface area contributed by atoms with Crippen molar-refractivity contribution in [2.24, 2.45) is 4.40 Å². The highest BCUT2D eigenvalue weighted by atomic mass is 32.2. The van der Waals surface area contributed by atoms with Crippen LogP contribution in [0.1, 0.15) is 47.2 Å². The number of nitrogens with zero attached hydrogens (tertiary/aromatic N) is 2. The Hall–Kier alpha value is -2.67. The molecule has 7 heteroatoms. The van der Waals surface area contributed by atoms with Gasteiger partial charge in [-0.05, 0) is 49.1 Å². The van der Waals surface area contributed by atoms with Gasteiger partial charge in [0.25, 0.3) is 15.9 Å². The standard InChI is InChI=1S/C21H23N3O3S/c1-15-7-4-5-8-17(15)14-22-21(25)16-10-11-18-19(13-16)28(26,27)23-20-9-3-2-6-12-24(18)20/h4-5,7-8,10-11,13H,2-3,6,9,12,14H2,1H3,(H,22,25). The van der Waals surface area contributed by atoms with Gasteiger partial charge in [-0.1, -0.05) is 30.7 Å². The Morgan fingerprint density at radius 1 is 1.14 bits per heavy atom. The lowest BCUT2D eigenvalue weighted by molar-refractivity contribution is 0.0950. The maximum absolute atomic E-state index is 12.7. The van der Waals surface area contributed by atoms with Gasteiger partial charge in [0, 0.05) is 25.1 Å². The van der Waals surface area contributed by atoms with Gasteiger partial charge in [0.2, 0.25) is 0 Å². The third kappa shape index (κ3) is 3.54. The number of nitrogens with one attached hydrogen (secondary N) is 1. The summed E-state index contributed by atoms with van der Waals surface area (Å²) >= 11 is 0. The maximum atomic E-state index is 12.7. The monoisotopic (exact) mass is 397 g/mol. The lowest BCUT2D eigenvalue weighted by Crippen LogP contribution is -2.35. The van der Waals surface area contributed by atoms with Crippen molar-refractivity contribution in [3.05, 3.63) is 59.2 Å². The van der Waals surface area contributed by atoms with Crippen LogP contribution in [0.4, 0.5) is 5.69 Å². The van der Waals surface area contributed by atoms with E-state index in [9.17, 15) is 13.2 Å². The van der Waals surface area contributed by atoms with Gasteiger partial charge in [0.05, 0.1) is 5.69 Å². The molecule has 1 fully saturated rings. The van der Waals surface area contributed by atoms with E-state index in [0.717, 1.165) is 36.9 Å². The molecule has 2 aromatic carbocycles. The van der Waals surface area contributed by atoms with Crippen LogP contribution in [0.2, 0.25) is 0 Å². The molecule has 2 heterocycles. The first-order chi connectivity index (χ1) is 13.5. The van der Waals surface area contributed by atoms with Crippen molar-refractivity contribution in [3.63, 3.8) is 0 Å². The van der Waals surface area contributed by atoms with Crippen molar-refractivity contribution in [1.29, 1.82) is 0 Å². The van der Waals surface area contributed by atoms with Crippen molar-refractivity contribution >= 4 is 27.5 Å². The number of anilines is 1. The molecule has 1 amide bonds. The number of carbonyl (C=O) groups is 1. The number of hydrogen-bond acceptors (Lipinski definition) is 4. The highest BCUT2D eigenvalue weighted by Crippen LogP contribution is 2.35. The van der Waals surface area contributed by atoms with Crippen LogP contribution in [0.3, 0.4) is 0 Å². The topological polar surface area (TPSA) is 78.8 Å². The van der Waals surface area contributed by atoms with E-state index in [4.69, 9.17) is 0 Å². The van der Waals surface area contributed by atoms with Gasteiger partial charge in [0.1, 0.15) is 10.7 Å². The molecule has 0 aliphatic carbocycles. The molecule has 0 aromatic heterocycles. The second-order valence-electron chi connectivity index (χ2n) is 7.24. The molecule has 6 nitrogen and oxygen atoms in total. The Morgan fingerprint density at radius 3 is 2.79 bits per heavy atom. The summed E-state index contributed by atoms with van der Waals surface area (Å²) in [7, 11) is -3.79. The summed E-state index contributed by atoms with van der Waals surface area (Å²) in [6, 6.07) is 12.7. The van der Waals surface area contributed by atoms with E-state index in [0.29, 0.717) is 30.1 Å². The van der Waals surface area contributed by atoms with Crippen molar-refractivity contribution in [3.8, 4) is 0 Å². The fourth-order valence-corrected chi connectivity index (χ4v) is 4.99. The summed E-state index contributed by atoms with van der Waals surface area (Å²) in [5, 5.41) is 2.87. The molecule has 28 heavy (non-hydrogen) atoms. The van der Waals surface area contributed by atoms with E-state index in [1.54, 1.807) is 12.1 Å². The van der Waals surface area contributed by atoms with Gasteiger partial charge in [-0.25, -0.2) is 0 Å². The van der Waals surface area contributed by atoms with Gasteiger partial charge >= 0.3 is 0 Å². The summed E-state index contributed by atoms with van der Waals surface area (Å²) in [6.45, 7) is 3.13. The van der Waals surface area contributed by atoms with Crippen LogP contribution in [-0.2, 0) is 16.6 Å². The van der Waals surface area contributed by atoms with E-state index in [2.05, 4.69) is 9.71 Å². The van der Waals surface area contributed by atoms with Crippen molar-refractivity contribution in [2.45, 2.75) is 44.0 Å². The highest BCUT2D eigenvalue weighted by Gasteiger charge is 2.32. The molecule has 2 aliphatic heterocycles. The zero-order valence-electron chi connectivity index (χ0n) is 15.8. The molecule has 2 aliphatic rings. The molecule has 0 unspecified atom stereocenters. The molecule has 146 valence electrons. The lowest BCUT2D eigenvalue weighted by Gasteiger charge is -2.29. The minimum absolute atomic E-state index is 0.113. The number of amides is 1. The quantitative estimate of drug-likeness (QED) is 0.861. The Morgan fingerprint density at radius 2 is 1.96 bits per heavy atom. The van der Waals surface area contributed by atoms with Gasteiger partial charge in [0.15, 0.2) is 0 Å². The molecular weight excluding hydrogens is 374 g/mol. The molecular formula is C21H23N3O3S. The zero-order valence-corrected chi connectivity index (χ0v) is 16.6. The predicted octanol–water partition coefficient (Wildman–Crippen LogP) is 3.41. The number of benzene rings is 2. The number of rotatable bonds is 3. The van der Waals surface area contributed by atoms with E-state index >= 15 is 0 Å². The molecule has 0 bridgehead atoms. The SMILES string of the molecule is Cc1ccccc1CNC(=O)c1ccc2c(c1)S(=O)(=O)N=C1CCCCCN12. The third-order valence-electron chi connectivity index (χ3n) is 5.31. The van der Waals surface area contributed by atoms with Crippen LogP contribution in [0.15, 0.2) is 51.8 Å². The van der Waals surface area contributed by atoms with Crippen LogP contribution in [0.5, 0.6) is 0 Å². The van der Waals surface area contributed by atoms with Gasteiger partial charge in [-0.2, -0.15) is 8.42 Å². The Labute approximate surface area is 165 Å². The first-order valence-electron chi connectivity index (χ1n) is 9.54. The minimum atomic E-state index is -3.79. The zero-order chi connectivity index (χ0) is 19.7. The first-order valence-corrected chi connectivity index (χ1v) is 11.0. The minimum Gasteiger partial charge on any atom is -0.348 e. The molecule has 4 rings (SSSR count). The summed E-state index contributed by atoms with van der Waals surface area (Å²) in [6.07, 6.45) is 3.67. The van der Waals surface area contributed by atoms with E-state index in [1.807, 2.05) is 36.1 Å². The highest BCUT2D eigenvalue weighted by molar-refractivity contribution is 7.90. The largest absolute Gasteiger partial charge is 0.348 e. The Balaban J connectivity index is 1.61. The lowest BCUT2D eigenvalue weighted by atomic mass is 10.1. The molecule has 0 atom stereocenters. The average Bonchev–Trinajstić information content (AvgIpc) is 2.91. The van der Waals surface area contributed by atoms with Crippen LogP contribution < -0.4 is 10.2 Å². The Kier molecular flexibility index (Phi) is 4.93. The van der Waals surface area contributed by atoms with Crippen molar-refractivity contribution in [1.82, 2.24) is 5.32 Å². The maximum Gasteiger partial charge on any atom is 0.286 e. The van der Waals surface area contributed by atoms with E-state index < -0.39 is 10.0 Å². The molecule has 0 spiro atoms. The molecule has 2 aromatic rings. The summed E-state index contributed by atoms with van der Waals surface area (Å²) in [4.78, 5) is 14.7. The van der Waals surface area contributed by atoms with Crippen LogP contribution in [-0.4, -0.2) is 26.7 Å².